The number of nitrogens with zero attached hydrogens (tertiary/aromatic N) is 2. The number of ether oxygens (including phenoxy) is 2. The molecule has 11 heteroatoms. The lowest BCUT2D eigenvalue weighted by Crippen LogP contribution is -2.54. The molecule has 0 aliphatic carbocycles. The van der Waals surface area contributed by atoms with Gasteiger partial charge in [0, 0.05) is 19.0 Å². The van der Waals surface area contributed by atoms with Crippen molar-refractivity contribution in [3.63, 3.8) is 0 Å². The van der Waals surface area contributed by atoms with Crippen LogP contribution >= 0.6 is 11.6 Å². The van der Waals surface area contributed by atoms with Crippen molar-refractivity contribution in [2.75, 3.05) is 25.1 Å². The summed E-state index contributed by atoms with van der Waals surface area (Å²) in [6.45, 7) is 3.09. The molecule has 0 saturated carbocycles. The summed E-state index contributed by atoms with van der Waals surface area (Å²) in [4.78, 5) is 29.8. The average molecular weight is 664 g/mol. The van der Waals surface area contributed by atoms with Crippen molar-refractivity contribution < 1.29 is 27.5 Å². The second-order valence-corrected chi connectivity index (χ2v) is 13.2. The number of benzene rings is 4. The third-order valence-electron chi connectivity index (χ3n) is 7.22. The second kappa shape index (κ2) is 15.6. The topological polar surface area (TPSA) is 105 Å². The zero-order chi connectivity index (χ0) is 33.3. The summed E-state index contributed by atoms with van der Waals surface area (Å²) in [5.41, 5.74) is 1.70. The number of carbonyl (C=O) groups is 2. The number of carbonyl (C=O) groups excluding carboxylic acids is 2. The van der Waals surface area contributed by atoms with Gasteiger partial charge in [-0.1, -0.05) is 72.3 Å². The number of amides is 2. The molecule has 0 saturated heterocycles. The fraction of sp³-hybridized carbons (Fsp3) is 0.257. The Morgan fingerprint density at radius 2 is 1.48 bits per heavy atom. The maximum Gasteiger partial charge on any atom is 0.264 e. The van der Waals surface area contributed by atoms with Crippen molar-refractivity contribution in [2.24, 2.45) is 0 Å². The van der Waals surface area contributed by atoms with Gasteiger partial charge in [-0.2, -0.15) is 0 Å². The molecule has 0 aliphatic rings. The van der Waals surface area contributed by atoms with Gasteiger partial charge >= 0.3 is 0 Å². The van der Waals surface area contributed by atoms with Crippen LogP contribution in [-0.2, 0) is 32.6 Å². The molecule has 0 heterocycles. The highest BCUT2D eigenvalue weighted by molar-refractivity contribution is 7.92. The number of hydrogen-bond donors (Lipinski definition) is 1. The van der Waals surface area contributed by atoms with Gasteiger partial charge in [0.05, 0.1) is 29.8 Å². The van der Waals surface area contributed by atoms with Crippen LogP contribution in [-0.4, -0.2) is 58.0 Å². The van der Waals surface area contributed by atoms with Gasteiger partial charge in [0.2, 0.25) is 11.8 Å². The molecular formula is C35H38ClN3O6S. The highest BCUT2D eigenvalue weighted by atomic mass is 35.5. The average Bonchev–Trinajstić information content (AvgIpc) is 3.05. The lowest BCUT2D eigenvalue weighted by atomic mass is 10.0. The van der Waals surface area contributed by atoms with Gasteiger partial charge < -0.3 is 19.7 Å². The molecule has 4 aromatic carbocycles. The molecule has 1 atom stereocenters. The number of sulfonamides is 1. The van der Waals surface area contributed by atoms with E-state index in [9.17, 15) is 18.0 Å². The van der Waals surface area contributed by atoms with Crippen molar-refractivity contribution in [1.82, 2.24) is 10.2 Å². The first kappa shape index (κ1) is 34.3. The van der Waals surface area contributed by atoms with Crippen LogP contribution in [0.1, 0.15) is 25.0 Å². The molecule has 0 fully saturated rings. The van der Waals surface area contributed by atoms with Crippen LogP contribution in [0.4, 0.5) is 5.69 Å². The van der Waals surface area contributed by atoms with Gasteiger partial charge in [-0.05, 0) is 67.4 Å². The van der Waals surface area contributed by atoms with E-state index in [-0.39, 0.29) is 40.5 Å². The SMILES string of the molecule is COc1cccc(CN(C(=O)CN(c2ccc(OC)c(Cl)c2)S(=O)(=O)c2ccccc2)[C@H](Cc2ccccc2)C(=O)NC(C)C)c1. The first-order chi connectivity index (χ1) is 22.0. The fourth-order valence-corrected chi connectivity index (χ4v) is 6.64. The predicted molar refractivity (Wildman–Crippen MR) is 180 cm³/mol. The first-order valence-electron chi connectivity index (χ1n) is 14.7. The van der Waals surface area contributed by atoms with Gasteiger partial charge in [-0.25, -0.2) is 8.42 Å². The number of halogens is 1. The molecule has 4 rings (SSSR count). The largest absolute Gasteiger partial charge is 0.497 e. The van der Waals surface area contributed by atoms with Crippen LogP contribution in [0.2, 0.25) is 5.02 Å². The molecule has 0 unspecified atom stereocenters. The first-order valence-corrected chi connectivity index (χ1v) is 16.5. The van der Waals surface area contributed by atoms with Gasteiger partial charge in [-0.3, -0.25) is 13.9 Å². The smallest absolute Gasteiger partial charge is 0.264 e. The van der Waals surface area contributed by atoms with E-state index in [2.05, 4.69) is 5.32 Å². The molecule has 0 bridgehead atoms. The normalized spacial score (nSPS) is 11.9. The lowest BCUT2D eigenvalue weighted by molar-refractivity contribution is -0.140. The van der Waals surface area contributed by atoms with Crippen LogP contribution in [0.25, 0.3) is 0 Å². The fourth-order valence-electron chi connectivity index (χ4n) is 4.96. The minimum absolute atomic E-state index is 0.00697. The Morgan fingerprint density at radius 1 is 0.826 bits per heavy atom. The standard InChI is InChI=1S/C35H38ClN3O6S/c1-25(2)37-35(41)32(21-26-12-7-5-8-13-26)38(23-27-14-11-15-29(20-27)44-3)34(40)24-39(28-18-19-33(45-4)31(36)22-28)46(42,43)30-16-9-6-10-17-30/h5-20,22,25,32H,21,23-24H2,1-4H3,(H,37,41)/t32-/m1/s1. The summed E-state index contributed by atoms with van der Waals surface area (Å²) < 4.78 is 39.9. The number of hydrogen-bond acceptors (Lipinski definition) is 6. The van der Waals surface area contributed by atoms with Gasteiger partial charge in [-0.15, -0.1) is 0 Å². The van der Waals surface area contributed by atoms with Gasteiger partial charge in [0.1, 0.15) is 24.1 Å². The maximum atomic E-state index is 14.5. The molecule has 46 heavy (non-hydrogen) atoms. The number of rotatable bonds is 14. The Balaban J connectivity index is 1.83. The molecule has 0 aliphatic heterocycles. The van der Waals surface area contributed by atoms with E-state index in [4.69, 9.17) is 21.1 Å². The maximum absolute atomic E-state index is 14.5. The molecule has 242 valence electrons. The minimum Gasteiger partial charge on any atom is -0.497 e. The zero-order valence-electron chi connectivity index (χ0n) is 26.2. The molecular weight excluding hydrogens is 626 g/mol. The highest BCUT2D eigenvalue weighted by Crippen LogP contribution is 2.32. The highest BCUT2D eigenvalue weighted by Gasteiger charge is 2.35. The summed E-state index contributed by atoms with van der Waals surface area (Å²) in [7, 11) is -1.26. The monoisotopic (exact) mass is 663 g/mol. The van der Waals surface area contributed by atoms with E-state index in [1.807, 2.05) is 50.2 Å². The number of nitrogens with one attached hydrogen (secondary N) is 1. The lowest BCUT2D eigenvalue weighted by Gasteiger charge is -2.34. The molecule has 0 radical (unpaired) electrons. The Labute approximate surface area is 275 Å². The third kappa shape index (κ3) is 8.58. The molecule has 1 N–H and O–H groups in total. The summed E-state index contributed by atoms with van der Waals surface area (Å²) in [5, 5.41) is 3.12. The van der Waals surface area contributed by atoms with Crippen molar-refractivity contribution >= 4 is 39.1 Å². The predicted octanol–water partition coefficient (Wildman–Crippen LogP) is 5.72. The third-order valence-corrected chi connectivity index (χ3v) is 9.31. The number of anilines is 1. The molecule has 4 aromatic rings. The summed E-state index contributed by atoms with van der Waals surface area (Å²) >= 11 is 6.43. The van der Waals surface area contributed by atoms with Crippen LogP contribution in [0.5, 0.6) is 11.5 Å². The van der Waals surface area contributed by atoms with E-state index in [1.54, 1.807) is 43.5 Å². The number of methoxy groups -OCH3 is 2. The Kier molecular flexibility index (Phi) is 11.7. The Morgan fingerprint density at radius 3 is 2.09 bits per heavy atom. The van der Waals surface area contributed by atoms with E-state index in [1.165, 1.54) is 42.3 Å². The van der Waals surface area contributed by atoms with Crippen LogP contribution < -0.4 is 19.1 Å². The molecule has 9 nitrogen and oxygen atoms in total. The Hall–Kier alpha value is -4.54. The van der Waals surface area contributed by atoms with Crippen molar-refractivity contribution in [2.45, 2.75) is 43.8 Å². The van der Waals surface area contributed by atoms with Crippen molar-refractivity contribution in [3.8, 4) is 11.5 Å². The van der Waals surface area contributed by atoms with Crippen molar-refractivity contribution in [1.29, 1.82) is 0 Å². The quantitative estimate of drug-likeness (QED) is 0.185. The van der Waals surface area contributed by atoms with Gasteiger partial charge in [0.25, 0.3) is 10.0 Å². The zero-order valence-corrected chi connectivity index (χ0v) is 27.8. The second-order valence-electron chi connectivity index (χ2n) is 10.9. The van der Waals surface area contributed by atoms with E-state index in [0.29, 0.717) is 17.1 Å². The summed E-state index contributed by atoms with van der Waals surface area (Å²) in [5.74, 6) is -0.0202. The van der Waals surface area contributed by atoms with Gasteiger partial charge in [0.15, 0.2) is 0 Å². The van der Waals surface area contributed by atoms with Crippen LogP contribution in [0, 0.1) is 0 Å². The molecule has 0 aromatic heterocycles. The minimum atomic E-state index is -4.26. The summed E-state index contributed by atoms with van der Waals surface area (Å²) in [6, 6.07) is 27.7. The molecule has 2 amide bonds. The van der Waals surface area contributed by atoms with E-state index in [0.717, 1.165) is 9.87 Å². The Bertz CT molecular complexity index is 1740. The van der Waals surface area contributed by atoms with Crippen LogP contribution in [0.3, 0.4) is 0 Å². The summed E-state index contributed by atoms with van der Waals surface area (Å²) in [6.07, 6.45) is 0.203. The van der Waals surface area contributed by atoms with Crippen LogP contribution in [0.15, 0.2) is 108 Å². The van der Waals surface area contributed by atoms with Crippen molar-refractivity contribution in [3.05, 3.63) is 119 Å². The molecule has 0 spiro atoms. The van der Waals surface area contributed by atoms with E-state index >= 15 is 0 Å². The van der Waals surface area contributed by atoms with E-state index < -0.39 is 28.5 Å².